The second-order valence-electron chi connectivity index (χ2n) is 3.99. The lowest BCUT2D eigenvalue weighted by Gasteiger charge is -2.19. The molecule has 0 radical (unpaired) electrons. The summed E-state index contributed by atoms with van der Waals surface area (Å²) in [6.07, 6.45) is 1.60. The van der Waals surface area contributed by atoms with Crippen molar-refractivity contribution >= 4 is 11.9 Å². The predicted molar refractivity (Wildman–Crippen MR) is 54.3 cm³/mol. The van der Waals surface area contributed by atoms with E-state index in [0.29, 0.717) is 6.54 Å². The number of rotatable bonds is 5. The monoisotopic (exact) mass is 215 g/mol. The lowest BCUT2D eigenvalue weighted by Crippen LogP contribution is -2.44. The Balaban J connectivity index is 2.29. The van der Waals surface area contributed by atoms with Crippen molar-refractivity contribution < 1.29 is 14.7 Å². The number of primary amides is 1. The number of likely N-dealkylation sites (N-methyl/N-ethyl adjacent to an activating group) is 1. The van der Waals surface area contributed by atoms with E-state index >= 15 is 0 Å². The van der Waals surface area contributed by atoms with Crippen LogP contribution < -0.4 is 11.1 Å². The van der Waals surface area contributed by atoms with Gasteiger partial charge in [0.1, 0.15) is 0 Å². The van der Waals surface area contributed by atoms with Gasteiger partial charge in [-0.15, -0.1) is 0 Å². The van der Waals surface area contributed by atoms with E-state index in [9.17, 15) is 9.59 Å². The molecule has 0 saturated carbocycles. The summed E-state index contributed by atoms with van der Waals surface area (Å²) in [7, 11) is 1.74. The Bertz CT molecular complexity index is 257. The van der Waals surface area contributed by atoms with Crippen LogP contribution in [0, 0.1) is 0 Å². The van der Waals surface area contributed by atoms with E-state index < -0.39 is 5.97 Å². The third-order valence-corrected chi connectivity index (χ3v) is 2.52. The molecule has 1 amide bonds. The SMILES string of the molecule is CN(CC(=O)O)CC1CCC(C(N)=O)N1. The first-order valence-electron chi connectivity index (χ1n) is 4.94. The van der Waals surface area contributed by atoms with Crippen LogP contribution in [0.1, 0.15) is 12.8 Å². The summed E-state index contributed by atoms with van der Waals surface area (Å²) in [5.74, 6) is -1.18. The lowest BCUT2D eigenvalue weighted by atomic mass is 10.2. The first-order chi connectivity index (χ1) is 6.99. The minimum atomic E-state index is -0.845. The zero-order valence-electron chi connectivity index (χ0n) is 8.77. The molecule has 86 valence electrons. The number of nitrogens with zero attached hydrogens (tertiary/aromatic N) is 1. The smallest absolute Gasteiger partial charge is 0.317 e. The van der Waals surface area contributed by atoms with Gasteiger partial charge < -0.3 is 16.2 Å². The molecule has 1 aliphatic rings. The Kier molecular flexibility index (Phi) is 4.05. The van der Waals surface area contributed by atoms with E-state index in [1.54, 1.807) is 11.9 Å². The van der Waals surface area contributed by atoms with Gasteiger partial charge in [0.2, 0.25) is 5.91 Å². The fourth-order valence-corrected chi connectivity index (χ4v) is 1.86. The predicted octanol–water partition coefficient (Wildman–Crippen LogP) is -1.39. The zero-order valence-corrected chi connectivity index (χ0v) is 8.77. The number of amides is 1. The second-order valence-corrected chi connectivity index (χ2v) is 3.99. The van der Waals surface area contributed by atoms with Gasteiger partial charge in [-0.25, -0.2) is 0 Å². The van der Waals surface area contributed by atoms with Crippen LogP contribution in [0.15, 0.2) is 0 Å². The summed E-state index contributed by atoms with van der Waals surface area (Å²) in [6.45, 7) is 0.634. The molecule has 0 aromatic heterocycles. The normalized spacial score (nSPS) is 25.7. The highest BCUT2D eigenvalue weighted by Gasteiger charge is 2.28. The van der Waals surface area contributed by atoms with Crippen LogP contribution in [0.25, 0.3) is 0 Å². The van der Waals surface area contributed by atoms with E-state index in [0.717, 1.165) is 12.8 Å². The molecule has 0 aromatic rings. The molecule has 1 aliphatic heterocycles. The first kappa shape index (κ1) is 11.9. The molecular weight excluding hydrogens is 198 g/mol. The molecule has 1 fully saturated rings. The molecular formula is C9H17N3O3. The van der Waals surface area contributed by atoms with Crippen LogP contribution in [0.2, 0.25) is 0 Å². The summed E-state index contributed by atoms with van der Waals surface area (Å²) in [4.78, 5) is 23.0. The van der Waals surface area contributed by atoms with Crippen molar-refractivity contribution in [3.63, 3.8) is 0 Å². The second kappa shape index (κ2) is 5.09. The van der Waals surface area contributed by atoms with Gasteiger partial charge in [-0.3, -0.25) is 14.5 Å². The van der Waals surface area contributed by atoms with E-state index in [2.05, 4.69) is 5.32 Å². The van der Waals surface area contributed by atoms with E-state index in [1.165, 1.54) is 0 Å². The molecule has 0 spiro atoms. The Morgan fingerprint density at radius 1 is 1.53 bits per heavy atom. The number of carbonyl (C=O) groups excluding carboxylic acids is 1. The van der Waals surface area contributed by atoms with Crippen molar-refractivity contribution in [1.82, 2.24) is 10.2 Å². The molecule has 6 heteroatoms. The van der Waals surface area contributed by atoms with Gasteiger partial charge in [0, 0.05) is 12.6 Å². The molecule has 1 rings (SSSR count). The lowest BCUT2D eigenvalue weighted by molar-refractivity contribution is -0.138. The Hall–Kier alpha value is -1.14. The molecule has 15 heavy (non-hydrogen) atoms. The van der Waals surface area contributed by atoms with Gasteiger partial charge in [0.15, 0.2) is 0 Å². The maximum Gasteiger partial charge on any atom is 0.317 e. The van der Waals surface area contributed by atoms with Crippen LogP contribution >= 0.6 is 0 Å². The van der Waals surface area contributed by atoms with Gasteiger partial charge in [-0.1, -0.05) is 0 Å². The number of nitrogens with two attached hydrogens (primary N) is 1. The number of hydrogen-bond donors (Lipinski definition) is 3. The third kappa shape index (κ3) is 3.85. The summed E-state index contributed by atoms with van der Waals surface area (Å²) >= 11 is 0. The quantitative estimate of drug-likeness (QED) is 0.524. The summed E-state index contributed by atoms with van der Waals surface area (Å²) in [5.41, 5.74) is 5.16. The average molecular weight is 215 g/mol. The number of hydrogen-bond acceptors (Lipinski definition) is 4. The number of carboxylic acids is 1. The number of carbonyl (C=O) groups is 2. The number of nitrogens with one attached hydrogen (secondary N) is 1. The first-order valence-corrected chi connectivity index (χ1v) is 4.94. The molecule has 6 nitrogen and oxygen atoms in total. The van der Waals surface area contributed by atoms with Gasteiger partial charge >= 0.3 is 5.97 Å². The topological polar surface area (TPSA) is 95.7 Å². The van der Waals surface area contributed by atoms with E-state index in [-0.39, 0.29) is 24.5 Å². The molecule has 0 aliphatic carbocycles. The maximum absolute atomic E-state index is 10.9. The number of aliphatic carboxylic acids is 1. The molecule has 4 N–H and O–H groups in total. The summed E-state index contributed by atoms with van der Waals surface area (Å²) in [6, 6.07) is -0.0971. The van der Waals surface area contributed by atoms with Gasteiger partial charge in [-0.05, 0) is 19.9 Å². The van der Waals surface area contributed by atoms with Crippen LogP contribution in [0.5, 0.6) is 0 Å². The zero-order chi connectivity index (χ0) is 11.4. The van der Waals surface area contributed by atoms with Crippen molar-refractivity contribution in [1.29, 1.82) is 0 Å². The largest absolute Gasteiger partial charge is 0.480 e. The molecule has 0 aromatic carbocycles. The highest BCUT2D eigenvalue weighted by molar-refractivity contribution is 5.80. The van der Waals surface area contributed by atoms with Gasteiger partial charge in [0.25, 0.3) is 0 Å². The molecule has 1 heterocycles. The van der Waals surface area contributed by atoms with Crippen LogP contribution in [-0.4, -0.2) is 54.1 Å². The Morgan fingerprint density at radius 3 is 2.67 bits per heavy atom. The highest BCUT2D eigenvalue weighted by atomic mass is 16.4. The van der Waals surface area contributed by atoms with Crippen LogP contribution in [0.4, 0.5) is 0 Å². The van der Waals surface area contributed by atoms with Gasteiger partial charge in [0.05, 0.1) is 12.6 Å². The fourth-order valence-electron chi connectivity index (χ4n) is 1.86. The van der Waals surface area contributed by atoms with Crippen molar-refractivity contribution in [3.05, 3.63) is 0 Å². The highest BCUT2D eigenvalue weighted by Crippen LogP contribution is 2.12. The number of carboxylic acid groups (broad SMARTS) is 1. The van der Waals surface area contributed by atoms with Gasteiger partial charge in [-0.2, -0.15) is 0 Å². The van der Waals surface area contributed by atoms with Crippen molar-refractivity contribution in [2.24, 2.45) is 5.73 Å². The Labute approximate surface area is 88.4 Å². The third-order valence-electron chi connectivity index (χ3n) is 2.52. The standard InChI is InChI=1S/C9H17N3O3/c1-12(5-8(13)14)4-6-2-3-7(11-6)9(10)15/h6-7,11H,2-5H2,1H3,(H2,10,15)(H,13,14). The molecule has 1 saturated heterocycles. The van der Waals surface area contributed by atoms with Crippen molar-refractivity contribution in [2.45, 2.75) is 24.9 Å². The van der Waals surface area contributed by atoms with E-state index in [4.69, 9.17) is 10.8 Å². The summed E-state index contributed by atoms with van der Waals surface area (Å²) in [5, 5.41) is 11.6. The van der Waals surface area contributed by atoms with Crippen LogP contribution in [0.3, 0.4) is 0 Å². The Morgan fingerprint density at radius 2 is 2.20 bits per heavy atom. The molecule has 2 unspecified atom stereocenters. The van der Waals surface area contributed by atoms with Crippen molar-refractivity contribution in [2.75, 3.05) is 20.1 Å². The summed E-state index contributed by atoms with van der Waals surface area (Å²) < 4.78 is 0. The minimum absolute atomic E-state index is 0.0133. The average Bonchev–Trinajstić information content (AvgIpc) is 2.50. The molecule has 0 bridgehead atoms. The fraction of sp³-hybridized carbons (Fsp3) is 0.778. The maximum atomic E-state index is 10.9. The molecule has 2 atom stereocenters. The van der Waals surface area contributed by atoms with E-state index in [1.807, 2.05) is 0 Å². The minimum Gasteiger partial charge on any atom is -0.480 e. The van der Waals surface area contributed by atoms with Crippen molar-refractivity contribution in [3.8, 4) is 0 Å². The van der Waals surface area contributed by atoms with Crippen LogP contribution in [-0.2, 0) is 9.59 Å².